The van der Waals surface area contributed by atoms with Crippen LogP contribution in [0.1, 0.15) is 42.6 Å². The number of unbranched alkanes of at least 4 members (excludes halogenated alkanes) is 1. The van der Waals surface area contributed by atoms with E-state index in [1.165, 1.54) is 4.90 Å². The molecular formula is C29H27N3O3. The third-order valence-corrected chi connectivity index (χ3v) is 7.26. The van der Waals surface area contributed by atoms with E-state index in [9.17, 15) is 14.7 Å². The summed E-state index contributed by atoms with van der Waals surface area (Å²) < 4.78 is 0. The Hall–Kier alpha value is -4.06. The minimum atomic E-state index is -0.557. The number of imide groups is 1. The third kappa shape index (κ3) is 3.40. The zero-order valence-corrected chi connectivity index (χ0v) is 19.6. The van der Waals surface area contributed by atoms with Crippen LogP contribution in [-0.4, -0.2) is 44.4 Å². The number of rotatable bonds is 5. The molecule has 3 amide bonds. The van der Waals surface area contributed by atoms with Crippen molar-refractivity contribution in [3.8, 4) is 16.9 Å². The van der Waals surface area contributed by atoms with Crippen LogP contribution in [0.2, 0.25) is 0 Å². The Morgan fingerprint density at radius 3 is 2.57 bits per heavy atom. The molecule has 1 fully saturated rings. The van der Waals surface area contributed by atoms with Crippen LogP contribution in [-0.2, 0) is 11.2 Å². The van der Waals surface area contributed by atoms with Gasteiger partial charge in [-0.15, -0.1) is 0 Å². The van der Waals surface area contributed by atoms with Crippen molar-refractivity contribution in [1.29, 1.82) is 0 Å². The molecule has 0 spiro atoms. The van der Waals surface area contributed by atoms with Gasteiger partial charge in [0.1, 0.15) is 17.8 Å². The normalized spacial score (nSPS) is 19.3. The summed E-state index contributed by atoms with van der Waals surface area (Å²) in [6, 6.07) is 22.2. The number of hydrogen-bond donors (Lipinski definition) is 2. The molecule has 0 aliphatic carbocycles. The molecule has 0 saturated carbocycles. The second-order valence-corrected chi connectivity index (χ2v) is 9.39. The zero-order chi connectivity index (χ0) is 24.1. The zero-order valence-electron chi connectivity index (χ0n) is 19.6. The summed E-state index contributed by atoms with van der Waals surface area (Å²) in [4.78, 5) is 33.7. The summed E-state index contributed by atoms with van der Waals surface area (Å²) in [5.74, 6) is 0.00211. The molecule has 1 saturated heterocycles. The molecule has 6 rings (SSSR count). The molecule has 2 aliphatic heterocycles. The van der Waals surface area contributed by atoms with Gasteiger partial charge in [0, 0.05) is 29.6 Å². The van der Waals surface area contributed by atoms with Crippen molar-refractivity contribution in [2.24, 2.45) is 0 Å². The highest BCUT2D eigenvalue weighted by Gasteiger charge is 2.52. The van der Waals surface area contributed by atoms with Crippen LogP contribution in [0, 0.1) is 0 Å². The fraction of sp³-hybridized carbons (Fsp3) is 0.241. The Labute approximate surface area is 203 Å². The molecule has 0 bridgehead atoms. The number of fused-ring (bicyclic) bond motifs is 4. The van der Waals surface area contributed by atoms with Crippen LogP contribution in [0.15, 0.2) is 72.8 Å². The highest BCUT2D eigenvalue weighted by atomic mass is 16.3. The van der Waals surface area contributed by atoms with Gasteiger partial charge >= 0.3 is 6.03 Å². The molecule has 4 aromatic rings. The number of aromatic hydroxyl groups is 1. The molecule has 1 aromatic heterocycles. The van der Waals surface area contributed by atoms with Crippen molar-refractivity contribution >= 4 is 22.8 Å². The van der Waals surface area contributed by atoms with E-state index in [4.69, 9.17) is 0 Å². The first-order valence-electron chi connectivity index (χ1n) is 12.2. The van der Waals surface area contributed by atoms with Gasteiger partial charge in [-0.1, -0.05) is 61.9 Å². The summed E-state index contributed by atoms with van der Waals surface area (Å²) in [5.41, 5.74) is 5.96. The van der Waals surface area contributed by atoms with Crippen LogP contribution >= 0.6 is 0 Å². The lowest BCUT2D eigenvalue weighted by atomic mass is 9.88. The Bertz CT molecular complexity index is 1440. The number of nitrogens with one attached hydrogen (secondary N) is 1. The number of phenolic OH excluding ortho intramolecular Hbond substituents is 1. The van der Waals surface area contributed by atoms with Crippen LogP contribution < -0.4 is 0 Å². The van der Waals surface area contributed by atoms with E-state index in [2.05, 4.69) is 42.2 Å². The second kappa shape index (κ2) is 8.31. The number of benzene rings is 3. The summed E-state index contributed by atoms with van der Waals surface area (Å²) >= 11 is 0. The number of carbonyl (C=O) groups excluding carboxylic acids is 2. The molecule has 6 nitrogen and oxygen atoms in total. The molecule has 6 heteroatoms. The fourth-order valence-electron chi connectivity index (χ4n) is 5.55. The lowest BCUT2D eigenvalue weighted by molar-refractivity contribution is -0.128. The molecule has 35 heavy (non-hydrogen) atoms. The maximum absolute atomic E-state index is 13.5. The lowest BCUT2D eigenvalue weighted by Gasteiger charge is -2.36. The quantitative estimate of drug-likeness (QED) is 0.376. The Morgan fingerprint density at radius 2 is 1.80 bits per heavy atom. The van der Waals surface area contributed by atoms with E-state index >= 15 is 0 Å². The van der Waals surface area contributed by atoms with Crippen molar-refractivity contribution in [3.63, 3.8) is 0 Å². The maximum atomic E-state index is 13.5. The van der Waals surface area contributed by atoms with E-state index in [-0.39, 0.29) is 17.7 Å². The van der Waals surface area contributed by atoms with Crippen LogP contribution in [0.3, 0.4) is 0 Å². The number of amides is 3. The highest BCUT2D eigenvalue weighted by molar-refractivity contribution is 6.06. The summed E-state index contributed by atoms with van der Waals surface area (Å²) in [7, 11) is 0. The van der Waals surface area contributed by atoms with Gasteiger partial charge in [0.2, 0.25) is 0 Å². The number of H-pyrrole nitrogens is 1. The molecule has 2 N–H and O–H groups in total. The predicted molar refractivity (Wildman–Crippen MR) is 135 cm³/mol. The molecule has 0 unspecified atom stereocenters. The third-order valence-electron chi connectivity index (χ3n) is 7.26. The van der Waals surface area contributed by atoms with E-state index in [1.807, 2.05) is 24.3 Å². The molecule has 176 valence electrons. The standard InChI is InChI=1S/C29H27N3O3/c1-2-3-14-31-28(34)25-17-23-22-16-19(18-8-5-4-6-9-18)12-13-24(22)30-26(23)27(32(25)29(31)35)20-10-7-11-21(33)15-20/h4-13,15-16,25,27,30,33H,2-3,14,17H2,1H3/t25-,27+/m0/s1. The van der Waals surface area contributed by atoms with Crippen molar-refractivity contribution < 1.29 is 14.7 Å². The van der Waals surface area contributed by atoms with Gasteiger partial charge in [0.25, 0.3) is 5.91 Å². The average Bonchev–Trinajstić information content (AvgIpc) is 3.36. The van der Waals surface area contributed by atoms with E-state index in [1.54, 1.807) is 23.1 Å². The minimum Gasteiger partial charge on any atom is -0.508 e. The smallest absolute Gasteiger partial charge is 0.328 e. The molecular weight excluding hydrogens is 438 g/mol. The van der Waals surface area contributed by atoms with Crippen molar-refractivity contribution in [2.45, 2.75) is 38.3 Å². The largest absolute Gasteiger partial charge is 0.508 e. The van der Waals surface area contributed by atoms with Gasteiger partial charge in [-0.3, -0.25) is 14.6 Å². The first kappa shape index (κ1) is 21.5. The number of phenols is 1. The summed E-state index contributed by atoms with van der Waals surface area (Å²) in [6.45, 7) is 2.48. The topological polar surface area (TPSA) is 76.6 Å². The SMILES string of the molecule is CCCCN1C(=O)[C@@H]2Cc3c([nH]c4ccc(-c5ccccc5)cc34)[C@@H](c3cccc(O)c3)N2C1=O. The van der Waals surface area contributed by atoms with Gasteiger partial charge in [-0.05, 0) is 52.9 Å². The van der Waals surface area contributed by atoms with Gasteiger partial charge in [-0.25, -0.2) is 4.79 Å². The van der Waals surface area contributed by atoms with Crippen LogP contribution in [0.5, 0.6) is 5.75 Å². The number of hydrogen-bond acceptors (Lipinski definition) is 3. The monoisotopic (exact) mass is 465 g/mol. The summed E-state index contributed by atoms with van der Waals surface area (Å²) in [6.07, 6.45) is 2.16. The van der Waals surface area contributed by atoms with Gasteiger partial charge in [0.15, 0.2) is 0 Å². The number of aromatic nitrogens is 1. The Kier molecular flexibility index (Phi) is 5.10. The Morgan fingerprint density at radius 1 is 0.971 bits per heavy atom. The first-order valence-corrected chi connectivity index (χ1v) is 12.2. The fourth-order valence-corrected chi connectivity index (χ4v) is 5.55. The van der Waals surface area contributed by atoms with E-state index in [0.717, 1.165) is 51.7 Å². The van der Waals surface area contributed by atoms with Crippen molar-refractivity contribution in [1.82, 2.24) is 14.8 Å². The van der Waals surface area contributed by atoms with Crippen molar-refractivity contribution in [3.05, 3.63) is 89.6 Å². The molecule has 3 aromatic carbocycles. The maximum Gasteiger partial charge on any atom is 0.328 e. The number of urea groups is 1. The lowest BCUT2D eigenvalue weighted by Crippen LogP contribution is -2.44. The average molecular weight is 466 g/mol. The van der Waals surface area contributed by atoms with E-state index in [0.29, 0.717) is 13.0 Å². The van der Waals surface area contributed by atoms with Gasteiger partial charge in [0.05, 0.1) is 0 Å². The Balaban J connectivity index is 1.53. The minimum absolute atomic E-state index is 0.132. The summed E-state index contributed by atoms with van der Waals surface area (Å²) in [5, 5.41) is 11.3. The van der Waals surface area contributed by atoms with Crippen LogP contribution in [0.4, 0.5) is 4.79 Å². The van der Waals surface area contributed by atoms with E-state index < -0.39 is 12.1 Å². The molecule has 3 heterocycles. The van der Waals surface area contributed by atoms with Gasteiger partial charge in [-0.2, -0.15) is 0 Å². The number of aromatic amines is 1. The van der Waals surface area contributed by atoms with Gasteiger partial charge < -0.3 is 10.1 Å². The van der Waals surface area contributed by atoms with Crippen LogP contribution in [0.25, 0.3) is 22.0 Å². The molecule has 0 radical (unpaired) electrons. The van der Waals surface area contributed by atoms with Crippen molar-refractivity contribution in [2.75, 3.05) is 6.54 Å². The predicted octanol–water partition coefficient (Wildman–Crippen LogP) is 5.62. The number of nitrogens with zero attached hydrogens (tertiary/aromatic N) is 2. The molecule has 2 atom stereocenters. The first-order chi connectivity index (χ1) is 17.1. The second-order valence-electron chi connectivity index (χ2n) is 9.39. The molecule has 2 aliphatic rings. The highest BCUT2D eigenvalue weighted by Crippen LogP contribution is 2.45. The number of carbonyl (C=O) groups is 2.